The van der Waals surface area contributed by atoms with Crippen LogP contribution in [-0.4, -0.2) is 74.4 Å². The molecule has 1 aromatic heterocycles. The molecule has 1 unspecified atom stereocenters. The number of rotatable bonds is 1. The van der Waals surface area contributed by atoms with E-state index in [0.717, 1.165) is 43.5 Å². The lowest BCUT2D eigenvalue weighted by Gasteiger charge is -2.43. The minimum Gasteiger partial charge on any atom is -0.452 e. The van der Waals surface area contributed by atoms with Crippen molar-refractivity contribution in [3.63, 3.8) is 0 Å². The highest BCUT2D eigenvalue weighted by Gasteiger charge is 2.45. The maximum Gasteiger partial charge on any atom is 0.433 e. The van der Waals surface area contributed by atoms with E-state index in [1.807, 2.05) is 0 Å². The summed E-state index contributed by atoms with van der Waals surface area (Å²) in [4.78, 5) is 53.2. The van der Waals surface area contributed by atoms with Gasteiger partial charge in [-0.1, -0.05) is 0 Å². The van der Waals surface area contributed by atoms with Crippen LogP contribution in [0.4, 0.5) is 24.9 Å². The molecule has 1 aromatic rings. The van der Waals surface area contributed by atoms with Crippen LogP contribution >= 0.6 is 0 Å². The fourth-order valence-electron chi connectivity index (χ4n) is 2.78. The Bertz CT molecular complexity index is 816. The van der Waals surface area contributed by atoms with E-state index in [2.05, 4.69) is 15.1 Å². The van der Waals surface area contributed by atoms with Crippen molar-refractivity contribution in [3.05, 3.63) is 23.5 Å². The van der Waals surface area contributed by atoms with E-state index in [0.29, 0.717) is 5.56 Å². The number of carbonyl (C=O) groups is 4. The average Bonchev–Trinajstić information content (AvgIpc) is 2.74. The number of aromatic nitrogens is 1. The minimum absolute atomic E-state index is 0.182. The van der Waals surface area contributed by atoms with Crippen molar-refractivity contribution in [1.82, 2.24) is 20.4 Å². The lowest BCUT2D eigenvalue weighted by Crippen LogP contribution is -2.60. The Morgan fingerprint density at radius 2 is 1.72 bits per heavy atom. The van der Waals surface area contributed by atoms with Crippen molar-refractivity contribution < 1.29 is 38.1 Å². The van der Waals surface area contributed by atoms with Gasteiger partial charge in [-0.3, -0.25) is 4.98 Å². The summed E-state index contributed by atoms with van der Waals surface area (Å²) in [5.74, 6) is 0. The zero-order valence-electron chi connectivity index (χ0n) is 16.5. The van der Waals surface area contributed by atoms with Gasteiger partial charge in [0.25, 0.3) is 0 Å². The van der Waals surface area contributed by atoms with Gasteiger partial charge in [0.05, 0.1) is 46.4 Å². The fraction of sp³-hybridized carbons (Fsp3) is 0.438. The summed E-state index contributed by atoms with van der Waals surface area (Å²) in [5, 5.41) is 2.68. The first-order chi connectivity index (χ1) is 13.8. The molecule has 1 atom stereocenters. The number of carbonyl (C=O) groups excluding carboxylic acids is 4. The summed E-state index contributed by atoms with van der Waals surface area (Å²) in [6, 6.07) is 0.555. The third-order valence-electron chi connectivity index (χ3n) is 4.08. The van der Waals surface area contributed by atoms with Crippen LogP contribution in [0.2, 0.25) is 0 Å². The minimum atomic E-state index is -1.04. The maximum atomic E-state index is 12.4. The molecule has 1 aliphatic heterocycles. The molecule has 13 nitrogen and oxygen atoms in total. The first-order valence-electron chi connectivity index (χ1n) is 8.21. The molecule has 0 saturated heterocycles. The number of methoxy groups -OCH3 is 4. The summed E-state index contributed by atoms with van der Waals surface area (Å²) < 4.78 is 18.8. The normalized spacial score (nSPS) is 15.0. The third-order valence-corrected chi connectivity index (χ3v) is 4.08. The Hall–Kier alpha value is -3.77. The van der Waals surface area contributed by atoms with Crippen LogP contribution in [0.5, 0.6) is 0 Å². The topological polar surface area (TPSA) is 140 Å². The first-order valence-corrected chi connectivity index (χ1v) is 8.21. The van der Waals surface area contributed by atoms with Gasteiger partial charge in [0.15, 0.2) is 0 Å². The number of amides is 4. The van der Waals surface area contributed by atoms with Gasteiger partial charge in [-0.25, -0.2) is 34.6 Å². The van der Waals surface area contributed by atoms with Crippen molar-refractivity contribution in [2.45, 2.75) is 13.0 Å². The van der Waals surface area contributed by atoms with Crippen LogP contribution < -0.4 is 10.4 Å². The van der Waals surface area contributed by atoms with Crippen molar-refractivity contribution >= 4 is 30.1 Å². The van der Waals surface area contributed by atoms with Crippen LogP contribution in [0, 0.1) is 6.92 Å². The number of pyridine rings is 1. The largest absolute Gasteiger partial charge is 0.452 e. The lowest BCUT2D eigenvalue weighted by molar-refractivity contribution is 0.0444. The Morgan fingerprint density at radius 1 is 1.07 bits per heavy atom. The van der Waals surface area contributed by atoms with Crippen molar-refractivity contribution in [2.24, 2.45) is 0 Å². The van der Waals surface area contributed by atoms with Gasteiger partial charge in [-0.15, -0.1) is 0 Å². The number of ether oxygens (including phenoxy) is 4. The molecule has 0 saturated carbocycles. The quantitative estimate of drug-likeness (QED) is 0.535. The molecular formula is C16H21N5O8. The molecule has 13 heteroatoms. The summed E-state index contributed by atoms with van der Waals surface area (Å²) in [6.45, 7) is 1.36. The van der Waals surface area contributed by atoms with Gasteiger partial charge < -0.3 is 18.9 Å². The summed E-state index contributed by atoms with van der Waals surface area (Å²) in [5.41, 5.74) is 3.16. The highest BCUT2D eigenvalue weighted by Crippen LogP contribution is 2.38. The smallest absolute Gasteiger partial charge is 0.433 e. The molecule has 4 amide bonds. The summed E-state index contributed by atoms with van der Waals surface area (Å²) in [7, 11) is 4.50. The van der Waals surface area contributed by atoms with E-state index < -0.39 is 30.4 Å². The molecule has 0 spiro atoms. The van der Waals surface area contributed by atoms with Crippen LogP contribution in [0.25, 0.3) is 0 Å². The number of hydrazine groups is 2. The van der Waals surface area contributed by atoms with Crippen LogP contribution in [0.15, 0.2) is 12.3 Å². The molecule has 0 aromatic carbocycles. The Kier molecular flexibility index (Phi) is 6.64. The maximum absolute atomic E-state index is 12.4. The number of hydrogen-bond donors (Lipinski definition) is 1. The SMILES string of the molecule is COC(=O)NN(C(=O)OC)C1CN(C(=O)OC)N(C(=O)OC)c2c(C)ccnc21. The van der Waals surface area contributed by atoms with E-state index in [-0.39, 0.29) is 17.9 Å². The zero-order valence-corrected chi connectivity index (χ0v) is 16.5. The molecule has 1 aliphatic rings. The second-order valence-electron chi connectivity index (χ2n) is 5.65. The highest BCUT2D eigenvalue weighted by molar-refractivity contribution is 5.93. The van der Waals surface area contributed by atoms with Gasteiger partial charge in [-0.05, 0) is 18.6 Å². The third kappa shape index (κ3) is 4.07. The highest BCUT2D eigenvalue weighted by atomic mass is 16.6. The number of anilines is 1. The van der Waals surface area contributed by atoms with Gasteiger partial charge in [0.1, 0.15) is 6.04 Å². The molecule has 0 bridgehead atoms. The number of fused-ring (bicyclic) bond motifs is 1. The standard InChI is InChI=1S/C16H21N5O8/c1-9-6-7-17-11-10(20(15(24)28-4)18-13(22)26-2)8-19(14(23)27-3)21(12(9)11)16(25)29-5/h6-7,10H,8H2,1-5H3,(H,18,22). The number of nitrogens with zero attached hydrogens (tertiary/aromatic N) is 4. The second-order valence-corrected chi connectivity index (χ2v) is 5.65. The van der Waals surface area contributed by atoms with Gasteiger partial charge in [0.2, 0.25) is 0 Å². The Balaban J connectivity index is 2.68. The van der Waals surface area contributed by atoms with Gasteiger partial charge >= 0.3 is 24.4 Å². The molecule has 29 heavy (non-hydrogen) atoms. The zero-order chi connectivity index (χ0) is 21.7. The van der Waals surface area contributed by atoms with Crippen molar-refractivity contribution in [2.75, 3.05) is 40.0 Å². The molecule has 0 fully saturated rings. The molecule has 0 radical (unpaired) electrons. The van der Waals surface area contributed by atoms with Crippen molar-refractivity contribution in [3.8, 4) is 0 Å². The van der Waals surface area contributed by atoms with Gasteiger partial charge in [-0.2, -0.15) is 5.01 Å². The summed E-state index contributed by atoms with van der Waals surface area (Å²) >= 11 is 0. The Morgan fingerprint density at radius 3 is 2.28 bits per heavy atom. The second kappa shape index (κ2) is 8.95. The van der Waals surface area contributed by atoms with E-state index in [4.69, 9.17) is 14.2 Å². The Labute approximate surface area is 166 Å². The van der Waals surface area contributed by atoms with Crippen LogP contribution in [0.3, 0.4) is 0 Å². The predicted molar refractivity (Wildman–Crippen MR) is 95.5 cm³/mol. The average molecular weight is 411 g/mol. The van der Waals surface area contributed by atoms with Crippen LogP contribution in [-0.2, 0) is 18.9 Å². The first kappa shape index (κ1) is 21.5. The summed E-state index contributed by atoms with van der Waals surface area (Å²) in [6.07, 6.45) is -2.23. The van der Waals surface area contributed by atoms with E-state index in [1.165, 1.54) is 6.20 Å². The molecule has 0 aliphatic carbocycles. The molecular weight excluding hydrogens is 390 g/mol. The number of nitrogens with one attached hydrogen (secondary N) is 1. The molecule has 1 N–H and O–H groups in total. The van der Waals surface area contributed by atoms with Gasteiger partial charge in [0, 0.05) is 6.20 Å². The van der Waals surface area contributed by atoms with E-state index >= 15 is 0 Å². The van der Waals surface area contributed by atoms with E-state index in [9.17, 15) is 19.2 Å². The fourth-order valence-corrected chi connectivity index (χ4v) is 2.78. The number of hydrogen-bond acceptors (Lipinski definition) is 9. The molecule has 2 heterocycles. The molecule has 2 rings (SSSR count). The number of aryl methyl sites for hydroxylation is 1. The monoisotopic (exact) mass is 411 g/mol. The van der Waals surface area contributed by atoms with E-state index in [1.54, 1.807) is 13.0 Å². The predicted octanol–water partition coefficient (Wildman–Crippen LogP) is 1.34. The molecule has 158 valence electrons. The lowest BCUT2D eigenvalue weighted by atomic mass is 10.0. The van der Waals surface area contributed by atoms with Crippen molar-refractivity contribution in [1.29, 1.82) is 0 Å². The van der Waals surface area contributed by atoms with Crippen LogP contribution in [0.1, 0.15) is 17.3 Å².